The van der Waals surface area contributed by atoms with Gasteiger partial charge in [0.1, 0.15) is 0 Å². The van der Waals surface area contributed by atoms with Crippen molar-refractivity contribution >= 4 is 0 Å². The highest BCUT2D eigenvalue weighted by Gasteiger charge is 2.66. The van der Waals surface area contributed by atoms with E-state index in [0.717, 1.165) is 30.5 Å². The number of ether oxygens (including phenoxy) is 1. The zero-order chi connectivity index (χ0) is 10.8. The molecule has 0 aromatic rings. The summed E-state index contributed by atoms with van der Waals surface area (Å²) in [6.45, 7) is 3.42. The van der Waals surface area contributed by atoms with E-state index in [4.69, 9.17) is 4.74 Å². The lowest BCUT2D eigenvalue weighted by atomic mass is 9.46. The van der Waals surface area contributed by atoms with Crippen LogP contribution in [0.3, 0.4) is 0 Å². The van der Waals surface area contributed by atoms with E-state index < -0.39 is 0 Å². The van der Waals surface area contributed by atoms with Crippen LogP contribution < -0.4 is 5.32 Å². The SMILES string of the molecule is CC(NC1C2CCOC2C12CCC2)C1CC1. The van der Waals surface area contributed by atoms with Crippen LogP contribution in [0.15, 0.2) is 0 Å². The number of rotatable bonds is 3. The van der Waals surface area contributed by atoms with Gasteiger partial charge in [-0.2, -0.15) is 0 Å². The third-order valence-corrected chi connectivity index (χ3v) is 5.81. The van der Waals surface area contributed by atoms with E-state index in [-0.39, 0.29) is 0 Å². The largest absolute Gasteiger partial charge is 0.377 e. The molecule has 90 valence electrons. The Morgan fingerprint density at radius 1 is 1.25 bits per heavy atom. The number of hydrogen-bond acceptors (Lipinski definition) is 2. The molecule has 1 aliphatic heterocycles. The van der Waals surface area contributed by atoms with E-state index in [1.807, 2.05) is 0 Å². The fourth-order valence-corrected chi connectivity index (χ4v) is 4.51. The molecule has 1 N–H and O–H groups in total. The lowest BCUT2D eigenvalue weighted by molar-refractivity contribution is -0.178. The summed E-state index contributed by atoms with van der Waals surface area (Å²) in [6, 6.07) is 1.55. The highest BCUT2D eigenvalue weighted by atomic mass is 16.5. The van der Waals surface area contributed by atoms with Crippen LogP contribution in [0.2, 0.25) is 0 Å². The van der Waals surface area contributed by atoms with E-state index in [0.29, 0.717) is 11.5 Å². The second-order valence-electron chi connectivity index (χ2n) is 6.60. The van der Waals surface area contributed by atoms with E-state index in [1.165, 1.54) is 38.5 Å². The van der Waals surface area contributed by atoms with Crippen LogP contribution in [0.5, 0.6) is 0 Å². The molecule has 0 radical (unpaired) electrons. The van der Waals surface area contributed by atoms with Crippen LogP contribution in [-0.4, -0.2) is 24.8 Å². The highest BCUT2D eigenvalue weighted by molar-refractivity contribution is 5.18. The average molecular weight is 221 g/mol. The Morgan fingerprint density at radius 3 is 2.69 bits per heavy atom. The van der Waals surface area contributed by atoms with Crippen LogP contribution in [-0.2, 0) is 4.74 Å². The maximum absolute atomic E-state index is 5.96. The Labute approximate surface area is 98.1 Å². The predicted octanol–water partition coefficient (Wildman–Crippen LogP) is 2.33. The van der Waals surface area contributed by atoms with Gasteiger partial charge in [0.25, 0.3) is 0 Å². The van der Waals surface area contributed by atoms with E-state index in [2.05, 4.69) is 12.2 Å². The topological polar surface area (TPSA) is 21.3 Å². The number of nitrogens with one attached hydrogen (secondary N) is 1. The van der Waals surface area contributed by atoms with Gasteiger partial charge >= 0.3 is 0 Å². The van der Waals surface area contributed by atoms with Crippen molar-refractivity contribution in [3.63, 3.8) is 0 Å². The highest BCUT2D eigenvalue weighted by Crippen LogP contribution is 2.63. The van der Waals surface area contributed by atoms with Crippen molar-refractivity contribution in [1.29, 1.82) is 0 Å². The summed E-state index contributed by atoms with van der Waals surface area (Å²) in [6.07, 6.45) is 9.12. The van der Waals surface area contributed by atoms with Crippen molar-refractivity contribution < 1.29 is 4.74 Å². The van der Waals surface area contributed by atoms with Crippen molar-refractivity contribution in [2.75, 3.05) is 6.61 Å². The molecular formula is C14H23NO. The van der Waals surface area contributed by atoms with Gasteiger partial charge in [-0.1, -0.05) is 6.42 Å². The lowest BCUT2D eigenvalue weighted by Crippen LogP contribution is -2.72. The minimum Gasteiger partial charge on any atom is -0.377 e. The van der Waals surface area contributed by atoms with Crippen LogP contribution in [0, 0.1) is 17.3 Å². The quantitative estimate of drug-likeness (QED) is 0.790. The molecule has 0 aromatic carbocycles. The summed E-state index contributed by atoms with van der Waals surface area (Å²) in [5.41, 5.74) is 0.574. The van der Waals surface area contributed by atoms with Crippen molar-refractivity contribution in [2.24, 2.45) is 17.3 Å². The zero-order valence-corrected chi connectivity index (χ0v) is 10.2. The molecule has 3 saturated carbocycles. The minimum atomic E-state index is 0.574. The number of hydrogen-bond donors (Lipinski definition) is 1. The molecule has 16 heavy (non-hydrogen) atoms. The fourth-order valence-electron chi connectivity index (χ4n) is 4.51. The van der Waals surface area contributed by atoms with Crippen LogP contribution in [0.1, 0.15) is 45.4 Å². The average Bonchev–Trinajstić information content (AvgIpc) is 2.95. The van der Waals surface area contributed by atoms with Crippen molar-refractivity contribution in [3.8, 4) is 0 Å². The van der Waals surface area contributed by atoms with Crippen molar-refractivity contribution in [2.45, 2.75) is 63.6 Å². The van der Waals surface area contributed by atoms with E-state index in [1.54, 1.807) is 0 Å². The molecule has 4 aliphatic rings. The zero-order valence-electron chi connectivity index (χ0n) is 10.2. The first kappa shape index (κ1) is 9.90. The lowest BCUT2D eigenvalue weighted by Gasteiger charge is -2.64. The van der Waals surface area contributed by atoms with E-state index >= 15 is 0 Å². The molecule has 4 fully saturated rings. The minimum absolute atomic E-state index is 0.574. The van der Waals surface area contributed by atoms with Gasteiger partial charge in [0.05, 0.1) is 6.10 Å². The summed E-state index contributed by atoms with van der Waals surface area (Å²) in [5.74, 6) is 1.83. The Morgan fingerprint density at radius 2 is 2.06 bits per heavy atom. The third-order valence-electron chi connectivity index (χ3n) is 5.81. The summed E-state index contributed by atoms with van der Waals surface area (Å²) in [4.78, 5) is 0. The molecular weight excluding hydrogens is 198 g/mol. The normalized spacial score (nSPS) is 45.9. The molecule has 0 bridgehead atoms. The van der Waals surface area contributed by atoms with Gasteiger partial charge < -0.3 is 10.1 Å². The Balaban J connectivity index is 1.48. The first-order valence-electron chi connectivity index (χ1n) is 7.19. The van der Waals surface area contributed by atoms with Gasteiger partial charge in [-0.3, -0.25) is 0 Å². The molecule has 2 nitrogen and oxygen atoms in total. The standard InChI is InChI=1S/C14H23NO/c1-9(10-3-4-10)15-12-11-5-8-16-13(11)14(12)6-2-7-14/h9-13,15H,2-8H2,1H3. The first-order valence-corrected chi connectivity index (χ1v) is 7.19. The molecule has 1 spiro atoms. The van der Waals surface area contributed by atoms with Crippen LogP contribution in [0.4, 0.5) is 0 Å². The monoisotopic (exact) mass is 221 g/mol. The maximum atomic E-state index is 5.96. The molecule has 4 rings (SSSR count). The van der Waals surface area contributed by atoms with Gasteiger partial charge in [0.2, 0.25) is 0 Å². The van der Waals surface area contributed by atoms with Crippen LogP contribution in [0.25, 0.3) is 0 Å². The molecule has 0 aromatic heterocycles. The Kier molecular flexibility index (Phi) is 2.00. The van der Waals surface area contributed by atoms with Gasteiger partial charge in [-0.25, -0.2) is 0 Å². The smallest absolute Gasteiger partial charge is 0.0690 e. The molecule has 1 heterocycles. The molecule has 2 heteroatoms. The summed E-state index contributed by atoms with van der Waals surface area (Å²) in [7, 11) is 0. The maximum Gasteiger partial charge on any atom is 0.0690 e. The van der Waals surface area contributed by atoms with Gasteiger partial charge in [0, 0.05) is 30.0 Å². The van der Waals surface area contributed by atoms with E-state index in [9.17, 15) is 0 Å². The van der Waals surface area contributed by atoms with Crippen molar-refractivity contribution in [1.82, 2.24) is 5.32 Å². The van der Waals surface area contributed by atoms with Gasteiger partial charge in [-0.15, -0.1) is 0 Å². The van der Waals surface area contributed by atoms with Gasteiger partial charge in [0.15, 0.2) is 0 Å². The second kappa shape index (κ2) is 3.23. The molecule has 0 amide bonds. The fraction of sp³-hybridized carbons (Fsp3) is 1.00. The summed E-state index contributed by atoms with van der Waals surface area (Å²) < 4.78 is 5.96. The third kappa shape index (κ3) is 1.15. The molecule has 3 aliphatic carbocycles. The van der Waals surface area contributed by atoms with Gasteiger partial charge in [-0.05, 0) is 44.9 Å². The molecule has 1 saturated heterocycles. The molecule has 4 unspecified atom stereocenters. The first-order chi connectivity index (χ1) is 7.81. The van der Waals surface area contributed by atoms with Crippen LogP contribution >= 0.6 is 0 Å². The Bertz CT molecular complexity index is 295. The Hall–Kier alpha value is -0.0800. The summed E-state index contributed by atoms with van der Waals surface area (Å²) >= 11 is 0. The summed E-state index contributed by atoms with van der Waals surface area (Å²) in [5, 5.41) is 3.96. The molecule has 4 atom stereocenters. The predicted molar refractivity (Wildman–Crippen MR) is 63.2 cm³/mol. The van der Waals surface area contributed by atoms with Crippen molar-refractivity contribution in [3.05, 3.63) is 0 Å². The second-order valence-corrected chi connectivity index (χ2v) is 6.60. The number of fused-ring (bicyclic) bond motifs is 2.